The lowest BCUT2D eigenvalue weighted by Crippen LogP contribution is -2.17. The van der Waals surface area contributed by atoms with Crippen LogP contribution in [0.4, 0.5) is 0 Å². The normalized spacial score (nSPS) is 13.3. The minimum atomic E-state index is -0.601. The summed E-state index contributed by atoms with van der Waals surface area (Å²) in [5.41, 5.74) is 3.38. The number of carbonyl (C=O) groups excluding carboxylic acids is 2. The molecule has 0 bridgehead atoms. The topological polar surface area (TPSA) is 91.3 Å². The highest BCUT2D eigenvalue weighted by molar-refractivity contribution is 5.77. The Morgan fingerprint density at radius 1 is 0.771 bits per heavy atom. The zero-order valence-electron chi connectivity index (χ0n) is 23.7. The van der Waals surface area contributed by atoms with Crippen LogP contribution in [0.5, 0.6) is 5.75 Å². The summed E-state index contributed by atoms with van der Waals surface area (Å²) in [5, 5.41) is 10.5. The zero-order chi connectivity index (χ0) is 27.4. The molecule has 2 unspecified atom stereocenters. The zero-order valence-corrected chi connectivity index (χ0v) is 23.7. The van der Waals surface area contributed by atoms with Gasteiger partial charge >= 0.3 is 11.9 Å². The highest BCUT2D eigenvalue weighted by atomic mass is 17.2. The Labute approximate surface area is 212 Å². The van der Waals surface area contributed by atoms with Gasteiger partial charge in [-0.25, -0.2) is 9.59 Å². The Kier molecular flexibility index (Phi) is 14.2. The molecule has 0 aliphatic rings. The Balaban J connectivity index is 0.000000661. The van der Waals surface area contributed by atoms with E-state index in [1.807, 2.05) is 13.8 Å². The standard InChI is InChI=1S/C16H26O.C12H22O6/c1-8-11-9-12(15(2,3)4)14(17)13(10-11)16(5,6)7;1-5-9(3)15-17-11(13)7-8-12(14)18-16-10(4)6-2/h9-10,17H,8H2,1-7H3;9-10H,5-8H2,1-4H3. The lowest BCUT2D eigenvalue weighted by atomic mass is 9.78. The fourth-order valence-electron chi connectivity index (χ4n) is 2.74. The Morgan fingerprint density at radius 3 is 1.37 bits per heavy atom. The molecule has 0 aromatic heterocycles. The molecule has 0 heterocycles. The molecule has 1 aromatic rings. The second-order valence-electron chi connectivity index (χ2n) is 10.9. The van der Waals surface area contributed by atoms with E-state index in [1.165, 1.54) is 5.56 Å². The summed E-state index contributed by atoms with van der Waals surface area (Å²) in [4.78, 5) is 40.9. The first-order chi connectivity index (χ1) is 16.1. The molecule has 1 rings (SSSR count). The van der Waals surface area contributed by atoms with Crippen molar-refractivity contribution in [2.24, 2.45) is 0 Å². The first-order valence-electron chi connectivity index (χ1n) is 12.7. The number of hydrogen-bond acceptors (Lipinski definition) is 7. The molecule has 0 fully saturated rings. The monoisotopic (exact) mass is 496 g/mol. The van der Waals surface area contributed by atoms with E-state index in [2.05, 4.69) is 70.4 Å². The van der Waals surface area contributed by atoms with Crippen LogP contribution in [-0.4, -0.2) is 29.3 Å². The minimum absolute atomic E-state index is 0.0186. The van der Waals surface area contributed by atoms with Crippen molar-refractivity contribution in [3.05, 3.63) is 28.8 Å². The van der Waals surface area contributed by atoms with Gasteiger partial charge in [-0.15, -0.1) is 0 Å². The fraction of sp³-hybridized carbons (Fsp3) is 0.714. The number of aryl methyl sites for hydroxylation is 1. The van der Waals surface area contributed by atoms with Gasteiger partial charge in [0, 0.05) is 0 Å². The van der Waals surface area contributed by atoms with Crippen molar-refractivity contribution < 1.29 is 34.2 Å². The summed E-state index contributed by atoms with van der Waals surface area (Å²) >= 11 is 0. The summed E-state index contributed by atoms with van der Waals surface area (Å²) in [6.07, 6.45) is 1.96. The molecule has 202 valence electrons. The predicted molar refractivity (Wildman–Crippen MR) is 138 cm³/mol. The molecule has 7 nitrogen and oxygen atoms in total. The number of phenols is 1. The van der Waals surface area contributed by atoms with Gasteiger partial charge in [-0.1, -0.05) is 74.4 Å². The molecule has 0 spiro atoms. The number of phenolic OH excluding ortho intramolecular Hbond substituents is 1. The molecular weight excluding hydrogens is 448 g/mol. The van der Waals surface area contributed by atoms with E-state index in [-0.39, 0.29) is 35.9 Å². The van der Waals surface area contributed by atoms with Crippen LogP contribution in [-0.2, 0) is 46.4 Å². The van der Waals surface area contributed by atoms with Crippen molar-refractivity contribution in [3.8, 4) is 5.75 Å². The van der Waals surface area contributed by atoms with Crippen molar-refractivity contribution >= 4 is 11.9 Å². The molecule has 0 aliphatic heterocycles. The lowest BCUT2D eigenvalue weighted by molar-refractivity contribution is -0.299. The van der Waals surface area contributed by atoms with Crippen molar-refractivity contribution in [3.63, 3.8) is 0 Å². The van der Waals surface area contributed by atoms with Crippen LogP contribution in [0.1, 0.15) is 119 Å². The van der Waals surface area contributed by atoms with Crippen LogP contribution in [0.15, 0.2) is 12.1 Å². The van der Waals surface area contributed by atoms with Gasteiger partial charge < -0.3 is 5.11 Å². The molecule has 0 saturated heterocycles. The highest BCUT2D eigenvalue weighted by Gasteiger charge is 2.26. The smallest absolute Gasteiger partial charge is 0.342 e. The van der Waals surface area contributed by atoms with E-state index in [4.69, 9.17) is 9.78 Å². The van der Waals surface area contributed by atoms with Gasteiger partial charge in [-0.05, 0) is 60.6 Å². The number of hydrogen-bond donors (Lipinski definition) is 1. The van der Waals surface area contributed by atoms with E-state index < -0.39 is 11.9 Å². The molecule has 0 saturated carbocycles. The van der Waals surface area contributed by atoms with Gasteiger partial charge in [-0.2, -0.15) is 9.78 Å². The largest absolute Gasteiger partial charge is 0.507 e. The maximum atomic E-state index is 11.2. The van der Waals surface area contributed by atoms with E-state index in [1.54, 1.807) is 13.8 Å². The first kappa shape index (κ1) is 32.9. The summed E-state index contributed by atoms with van der Waals surface area (Å²) < 4.78 is 0. The predicted octanol–water partition coefficient (Wildman–Crippen LogP) is 6.86. The van der Waals surface area contributed by atoms with Gasteiger partial charge in [0.15, 0.2) is 0 Å². The maximum Gasteiger partial charge on any atom is 0.342 e. The number of rotatable bonds is 10. The van der Waals surface area contributed by atoms with Crippen molar-refractivity contribution in [1.82, 2.24) is 0 Å². The Bertz CT molecular complexity index is 726. The van der Waals surface area contributed by atoms with Gasteiger partial charge in [0.25, 0.3) is 0 Å². The van der Waals surface area contributed by atoms with Crippen molar-refractivity contribution in [1.29, 1.82) is 0 Å². The van der Waals surface area contributed by atoms with Gasteiger partial charge in [0.05, 0.1) is 12.8 Å². The van der Waals surface area contributed by atoms with Crippen LogP contribution in [0, 0.1) is 0 Å². The third-order valence-electron chi connectivity index (χ3n) is 5.49. The van der Waals surface area contributed by atoms with Gasteiger partial charge in [0.2, 0.25) is 0 Å². The lowest BCUT2D eigenvalue weighted by Gasteiger charge is -2.28. The quantitative estimate of drug-likeness (QED) is 0.279. The molecule has 1 N–H and O–H groups in total. The van der Waals surface area contributed by atoms with Crippen LogP contribution in [0.3, 0.4) is 0 Å². The van der Waals surface area contributed by atoms with Gasteiger partial charge in [0.1, 0.15) is 18.0 Å². The van der Waals surface area contributed by atoms with E-state index in [9.17, 15) is 14.7 Å². The molecule has 1 aromatic carbocycles. The summed E-state index contributed by atoms with van der Waals surface area (Å²) in [7, 11) is 0. The molecular formula is C28H48O7. The molecule has 0 amide bonds. The summed E-state index contributed by atoms with van der Waals surface area (Å²) in [6, 6.07) is 4.29. The van der Waals surface area contributed by atoms with Crippen molar-refractivity contribution in [2.75, 3.05) is 0 Å². The summed E-state index contributed by atoms with van der Waals surface area (Å²) in [6.45, 7) is 22.4. The van der Waals surface area contributed by atoms with Crippen LogP contribution in [0.2, 0.25) is 0 Å². The maximum absolute atomic E-state index is 11.2. The molecule has 0 radical (unpaired) electrons. The van der Waals surface area contributed by atoms with Crippen LogP contribution >= 0.6 is 0 Å². The first-order valence-corrected chi connectivity index (χ1v) is 12.7. The second kappa shape index (κ2) is 15.1. The number of benzene rings is 1. The molecule has 2 atom stereocenters. The SMILES string of the molecule is CCC(C)OOC(=O)CCC(=O)OOC(C)CC.CCc1cc(C(C)(C)C)c(O)c(C(C)(C)C)c1. The van der Waals surface area contributed by atoms with Crippen molar-refractivity contribution in [2.45, 2.75) is 131 Å². The Morgan fingerprint density at radius 2 is 1.11 bits per heavy atom. The third-order valence-corrected chi connectivity index (χ3v) is 5.49. The fourth-order valence-corrected chi connectivity index (χ4v) is 2.74. The average Bonchev–Trinajstić information content (AvgIpc) is 2.78. The molecule has 7 heteroatoms. The van der Waals surface area contributed by atoms with Gasteiger partial charge in [-0.3, -0.25) is 9.78 Å². The average molecular weight is 497 g/mol. The minimum Gasteiger partial charge on any atom is -0.507 e. The third kappa shape index (κ3) is 13.0. The number of aromatic hydroxyl groups is 1. The Hall–Kier alpha value is -2.12. The van der Waals surface area contributed by atoms with E-state index in [0.717, 1.165) is 30.4 Å². The molecule has 0 aliphatic carbocycles. The van der Waals surface area contributed by atoms with Crippen LogP contribution in [0.25, 0.3) is 0 Å². The summed E-state index contributed by atoms with van der Waals surface area (Å²) in [5.74, 6) is -0.728. The number of carbonyl (C=O) groups is 2. The molecule has 35 heavy (non-hydrogen) atoms. The van der Waals surface area contributed by atoms with E-state index >= 15 is 0 Å². The second-order valence-corrected chi connectivity index (χ2v) is 10.9. The van der Waals surface area contributed by atoms with E-state index in [0.29, 0.717) is 5.75 Å². The highest BCUT2D eigenvalue weighted by Crippen LogP contribution is 2.39. The van der Waals surface area contributed by atoms with Crippen LogP contribution < -0.4 is 0 Å².